The SMILES string of the molecule is CCCCCCCCC=CCCCCCCCC(=O)[O-].C[N+](C)(C)CCOS(C)(=O)=O. The highest BCUT2D eigenvalue weighted by molar-refractivity contribution is 7.85. The molecule has 0 saturated carbocycles. The number of allylic oxidation sites excluding steroid dienone is 2. The molecular weight excluding hydrogens is 414 g/mol. The molecule has 0 bridgehead atoms. The normalized spacial score (nSPS) is 12.0. The van der Waals surface area contributed by atoms with Gasteiger partial charge in [-0.2, -0.15) is 8.42 Å². The molecule has 0 aromatic rings. The van der Waals surface area contributed by atoms with E-state index in [4.69, 9.17) is 0 Å². The van der Waals surface area contributed by atoms with Gasteiger partial charge in [-0.1, -0.05) is 70.4 Å². The Bertz CT molecular complexity index is 539. The van der Waals surface area contributed by atoms with Crippen molar-refractivity contribution in [1.82, 2.24) is 0 Å². The fourth-order valence-corrected chi connectivity index (χ4v) is 3.18. The van der Waals surface area contributed by atoms with Crippen molar-refractivity contribution >= 4 is 16.1 Å². The van der Waals surface area contributed by atoms with Gasteiger partial charge in [0.1, 0.15) is 13.2 Å². The molecule has 6 nitrogen and oxygen atoms in total. The number of aliphatic carboxylic acids is 1. The molecule has 0 unspecified atom stereocenters. The van der Waals surface area contributed by atoms with E-state index in [9.17, 15) is 18.3 Å². The number of carbonyl (C=O) groups excluding carboxylic acids is 1. The molecule has 186 valence electrons. The second-order valence-electron chi connectivity index (χ2n) is 9.25. The molecule has 0 aromatic carbocycles. The fourth-order valence-electron chi connectivity index (χ4n) is 2.80. The Kier molecular flexibility index (Phi) is 21.8. The Morgan fingerprint density at radius 3 is 1.71 bits per heavy atom. The van der Waals surface area contributed by atoms with E-state index >= 15 is 0 Å². The Balaban J connectivity index is 0. The third-order valence-corrected chi connectivity index (χ3v) is 5.30. The van der Waals surface area contributed by atoms with E-state index in [-0.39, 0.29) is 13.0 Å². The molecule has 0 aliphatic heterocycles. The molecule has 7 heteroatoms. The van der Waals surface area contributed by atoms with Crippen LogP contribution in [0.25, 0.3) is 0 Å². The predicted molar refractivity (Wildman–Crippen MR) is 128 cm³/mol. The molecule has 0 radical (unpaired) electrons. The molecule has 31 heavy (non-hydrogen) atoms. The van der Waals surface area contributed by atoms with E-state index in [1.807, 2.05) is 21.1 Å². The second kappa shape index (κ2) is 21.0. The van der Waals surface area contributed by atoms with Gasteiger partial charge < -0.3 is 14.4 Å². The Morgan fingerprint density at radius 1 is 0.839 bits per heavy atom. The van der Waals surface area contributed by atoms with Crippen LogP contribution in [0.1, 0.15) is 96.8 Å². The van der Waals surface area contributed by atoms with Crippen LogP contribution in [0.4, 0.5) is 0 Å². The van der Waals surface area contributed by atoms with Crippen LogP contribution in [0.2, 0.25) is 0 Å². The third kappa shape index (κ3) is 36.8. The minimum absolute atomic E-state index is 0.220. The topological polar surface area (TPSA) is 83.5 Å². The van der Waals surface area contributed by atoms with Crippen molar-refractivity contribution < 1.29 is 27.0 Å². The van der Waals surface area contributed by atoms with Crippen LogP contribution < -0.4 is 5.11 Å². The largest absolute Gasteiger partial charge is 0.550 e. The molecule has 0 N–H and O–H groups in total. The minimum atomic E-state index is -3.26. The summed E-state index contributed by atoms with van der Waals surface area (Å²) in [6.07, 6.45) is 22.0. The summed E-state index contributed by atoms with van der Waals surface area (Å²) < 4.78 is 26.2. The van der Waals surface area contributed by atoms with Crippen LogP contribution >= 0.6 is 0 Å². The average Bonchev–Trinajstić information content (AvgIpc) is 2.63. The van der Waals surface area contributed by atoms with Gasteiger partial charge in [0.25, 0.3) is 10.1 Å². The summed E-state index contributed by atoms with van der Waals surface area (Å²) in [5, 5.41) is 10.2. The van der Waals surface area contributed by atoms with Gasteiger partial charge in [0.15, 0.2) is 0 Å². The highest BCUT2D eigenvalue weighted by Gasteiger charge is 2.09. The van der Waals surface area contributed by atoms with Crippen molar-refractivity contribution in [3.8, 4) is 0 Å². The van der Waals surface area contributed by atoms with Gasteiger partial charge in [0.05, 0.1) is 27.4 Å². The van der Waals surface area contributed by atoms with Crippen molar-refractivity contribution in [3.63, 3.8) is 0 Å². The second-order valence-corrected chi connectivity index (χ2v) is 10.9. The van der Waals surface area contributed by atoms with E-state index in [0.29, 0.717) is 11.0 Å². The summed E-state index contributed by atoms with van der Waals surface area (Å²) in [7, 11) is 2.68. The Hall–Kier alpha value is -0.920. The predicted octanol–water partition coefficient (Wildman–Crippen LogP) is 4.44. The first-order valence-electron chi connectivity index (χ1n) is 12.0. The first kappa shape index (κ1) is 32.3. The van der Waals surface area contributed by atoms with Crippen LogP contribution in [0.3, 0.4) is 0 Å². The van der Waals surface area contributed by atoms with Gasteiger partial charge >= 0.3 is 0 Å². The maximum Gasteiger partial charge on any atom is 0.264 e. The van der Waals surface area contributed by atoms with E-state index in [0.717, 1.165) is 25.5 Å². The average molecular weight is 464 g/mol. The molecule has 0 aromatic heterocycles. The zero-order chi connectivity index (χ0) is 24.0. The molecular formula is C24H49NO5S. The number of hydrogen-bond acceptors (Lipinski definition) is 5. The number of quaternary nitrogens is 1. The smallest absolute Gasteiger partial charge is 0.264 e. The number of carboxylic acids is 1. The number of carboxylic acid groups (broad SMARTS) is 1. The lowest BCUT2D eigenvalue weighted by molar-refractivity contribution is -0.870. The van der Waals surface area contributed by atoms with E-state index in [1.165, 1.54) is 64.2 Å². The van der Waals surface area contributed by atoms with Crippen molar-refractivity contribution in [3.05, 3.63) is 12.2 Å². The van der Waals surface area contributed by atoms with Gasteiger partial charge in [-0.25, -0.2) is 0 Å². The monoisotopic (exact) mass is 463 g/mol. The lowest BCUT2D eigenvalue weighted by Gasteiger charge is -2.22. The van der Waals surface area contributed by atoms with Gasteiger partial charge in [-0.05, 0) is 38.5 Å². The van der Waals surface area contributed by atoms with Gasteiger partial charge in [0.2, 0.25) is 0 Å². The van der Waals surface area contributed by atoms with Crippen LogP contribution in [0, 0.1) is 0 Å². The molecule has 0 fully saturated rings. The molecule has 0 saturated heterocycles. The van der Waals surface area contributed by atoms with E-state index < -0.39 is 16.1 Å². The van der Waals surface area contributed by atoms with Crippen LogP contribution in [0.5, 0.6) is 0 Å². The van der Waals surface area contributed by atoms with Crippen LogP contribution in [0.15, 0.2) is 12.2 Å². The van der Waals surface area contributed by atoms with Crippen molar-refractivity contribution in [2.24, 2.45) is 0 Å². The molecule has 0 aliphatic rings. The summed E-state index contributed by atoms with van der Waals surface area (Å²) in [6.45, 7) is 3.20. The summed E-state index contributed by atoms with van der Waals surface area (Å²) in [4.78, 5) is 10.2. The van der Waals surface area contributed by atoms with Gasteiger partial charge in [-0.3, -0.25) is 4.18 Å². The summed E-state index contributed by atoms with van der Waals surface area (Å²) in [6, 6.07) is 0. The Morgan fingerprint density at radius 2 is 1.29 bits per heavy atom. The molecule has 0 aliphatic carbocycles. The quantitative estimate of drug-likeness (QED) is 0.122. The maximum atomic E-state index is 10.5. The lowest BCUT2D eigenvalue weighted by Crippen LogP contribution is -2.37. The van der Waals surface area contributed by atoms with Gasteiger partial charge in [0, 0.05) is 5.97 Å². The number of nitrogens with zero attached hydrogens (tertiary/aromatic N) is 1. The maximum absolute atomic E-state index is 10.5. The van der Waals surface area contributed by atoms with Crippen molar-refractivity contribution in [1.29, 1.82) is 0 Å². The fraction of sp³-hybridized carbons (Fsp3) is 0.875. The Labute approximate surface area is 192 Å². The number of likely N-dealkylation sites (N-methyl/N-ethyl adjacent to an activating group) is 1. The first-order valence-corrected chi connectivity index (χ1v) is 13.8. The lowest BCUT2D eigenvalue weighted by atomic mass is 10.1. The van der Waals surface area contributed by atoms with E-state index in [1.54, 1.807) is 0 Å². The first-order chi connectivity index (χ1) is 14.5. The van der Waals surface area contributed by atoms with Crippen LogP contribution in [-0.2, 0) is 19.1 Å². The standard InChI is InChI=1S/C18H34O2.C6H16NO3S/c1-2-3-4-5-6-7-8-9-10-11-12-13-14-15-16-17-18(19)20;1-7(2,3)5-6-10-11(4,8)9/h9-10H,2-8,11-17H2,1H3,(H,19,20);5-6H2,1-4H3/q;+1/p-1. The van der Waals surface area contributed by atoms with E-state index in [2.05, 4.69) is 23.3 Å². The van der Waals surface area contributed by atoms with Crippen LogP contribution in [-0.4, -0.2) is 59.4 Å². The summed E-state index contributed by atoms with van der Waals surface area (Å²) in [5.41, 5.74) is 0. The molecule has 0 spiro atoms. The molecule has 0 amide bonds. The van der Waals surface area contributed by atoms with Crippen molar-refractivity contribution in [2.75, 3.05) is 40.6 Å². The highest BCUT2D eigenvalue weighted by atomic mass is 32.2. The number of hydrogen-bond donors (Lipinski definition) is 0. The summed E-state index contributed by atoms with van der Waals surface area (Å²) >= 11 is 0. The molecule has 0 atom stereocenters. The zero-order valence-corrected chi connectivity index (χ0v) is 21.7. The minimum Gasteiger partial charge on any atom is -0.550 e. The van der Waals surface area contributed by atoms with Crippen molar-refractivity contribution in [2.45, 2.75) is 96.8 Å². The number of carbonyl (C=O) groups is 1. The molecule has 0 rings (SSSR count). The number of rotatable bonds is 19. The third-order valence-electron chi connectivity index (χ3n) is 4.70. The summed E-state index contributed by atoms with van der Waals surface area (Å²) in [5.74, 6) is -0.914. The molecule has 0 heterocycles. The highest BCUT2D eigenvalue weighted by Crippen LogP contribution is 2.09. The van der Waals surface area contributed by atoms with Gasteiger partial charge in [-0.15, -0.1) is 0 Å². The zero-order valence-electron chi connectivity index (χ0n) is 20.9. The number of unbranched alkanes of at least 4 members (excludes halogenated alkanes) is 11.